The third kappa shape index (κ3) is 1.31. The second kappa shape index (κ2) is 2.70. The molecule has 0 amide bonds. The summed E-state index contributed by atoms with van der Waals surface area (Å²) in [4.78, 5) is 10.7. The summed E-state index contributed by atoms with van der Waals surface area (Å²) in [5.41, 5.74) is -0.0239. The number of allylic oxidation sites excluding steroid dienone is 1. The fraction of sp³-hybridized carbons (Fsp3) is 0.700. The zero-order valence-corrected chi connectivity index (χ0v) is 7.38. The Morgan fingerprint density at radius 3 is 3.08 bits per heavy atom. The molecule has 0 aromatic heterocycles. The van der Waals surface area contributed by atoms with Crippen molar-refractivity contribution in [3.63, 3.8) is 0 Å². The zero-order valence-electron chi connectivity index (χ0n) is 7.38. The molecule has 2 aliphatic rings. The van der Waals surface area contributed by atoms with Gasteiger partial charge in [-0.15, -0.1) is 0 Å². The summed E-state index contributed by atoms with van der Waals surface area (Å²) in [6.07, 6.45) is 8.80. The fourth-order valence-electron chi connectivity index (χ4n) is 1.97. The highest BCUT2D eigenvalue weighted by atomic mass is 16.6. The molecule has 0 aromatic carbocycles. The van der Waals surface area contributed by atoms with E-state index in [1.165, 1.54) is 19.3 Å². The quantitative estimate of drug-likeness (QED) is 0.462. The first-order valence-electron chi connectivity index (χ1n) is 4.61. The van der Waals surface area contributed by atoms with Crippen molar-refractivity contribution in [2.75, 3.05) is 0 Å². The van der Waals surface area contributed by atoms with E-state index in [0.717, 1.165) is 6.42 Å². The van der Waals surface area contributed by atoms with Crippen molar-refractivity contribution in [1.82, 2.24) is 0 Å². The van der Waals surface area contributed by atoms with Crippen LogP contribution < -0.4 is 0 Å². The van der Waals surface area contributed by atoms with Crippen molar-refractivity contribution in [3.05, 3.63) is 12.2 Å². The van der Waals surface area contributed by atoms with Crippen LogP contribution in [0.25, 0.3) is 0 Å². The van der Waals surface area contributed by atoms with E-state index in [-0.39, 0.29) is 11.4 Å². The van der Waals surface area contributed by atoms with Crippen LogP contribution in [0.4, 0.5) is 0 Å². The van der Waals surface area contributed by atoms with Gasteiger partial charge in [-0.05, 0) is 31.9 Å². The van der Waals surface area contributed by atoms with E-state index in [9.17, 15) is 4.79 Å². The molecule has 0 radical (unpaired) electrons. The van der Waals surface area contributed by atoms with E-state index in [1.807, 2.05) is 6.08 Å². The molecule has 2 rings (SSSR count). The largest absolute Gasteiger partial charge is 0.362 e. The first-order valence-corrected chi connectivity index (χ1v) is 4.61. The van der Waals surface area contributed by atoms with Crippen LogP contribution in [0.5, 0.6) is 0 Å². The molecule has 1 saturated heterocycles. The predicted octanol–water partition coefficient (Wildman–Crippen LogP) is 1.84. The number of ketones is 1. The molecule has 2 nitrogen and oxygen atoms in total. The number of rotatable bonds is 2. The van der Waals surface area contributed by atoms with Gasteiger partial charge in [-0.25, -0.2) is 0 Å². The molecule has 0 bridgehead atoms. The van der Waals surface area contributed by atoms with E-state index in [1.54, 1.807) is 13.0 Å². The third-order valence-electron chi connectivity index (χ3n) is 2.73. The Balaban J connectivity index is 2.00. The Kier molecular flexibility index (Phi) is 1.80. The van der Waals surface area contributed by atoms with Crippen molar-refractivity contribution in [2.45, 2.75) is 44.3 Å². The summed E-state index contributed by atoms with van der Waals surface area (Å²) in [6.45, 7) is 1.58. The van der Waals surface area contributed by atoms with Gasteiger partial charge in [-0.2, -0.15) is 0 Å². The Morgan fingerprint density at radius 1 is 1.58 bits per heavy atom. The van der Waals surface area contributed by atoms with E-state index in [4.69, 9.17) is 4.74 Å². The van der Waals surface area contributed by atoms with Gasteiger partial charge in [0.1, 0.15) is 5.60 Å². The smallest absolute Gasteiger partial charge is 0.152 e. The third-order valence-corrected chi connectivity index (χ3v) is 2.73. The molecule has 1 aliphatic carbocycles. The highest BCUT2D eigenvalue weighted by Gasteiger charge is 2.54. The average Bonchev–Trinajstić information content (AvgIpc) is 2.75. The van der Waals surface area contributed by atoms with Crippen LogP contribution in [0.1, 0.15) is 32.6 Å². The van der Waals surface area contributed by atoms with Crippen LogP contribution in [0, 0.1) is 0 Å². The van der Waals surface area contributed by atoms with Crippen molar-refractivity contribution < 1.29 is 9.53 Å². The average molecular weight is 166 g/mol. The van der Waals surface area contributed by atoms with E-state index in [2.05, 4.69) is 0 Å². The first kappa shape index (κ1) is 7.99. The zero-order chi connectivity index (χ0) is 8.60. The van der Waals surface area contributed by atoms with Gasteiger partial charge < -0.3 is 4.74 Å². The molecule has 2 heteroatoms. The number of hydrogen-bond acceptors (Lipinski definition) is 2. The lowest BCUT2D eigenvalue weighted by molar-refractivity contribution is -0.112. The molecule has 0 spiro atoms. The van der Waals surface area contributed by atoms with Crippen LogP contribution in [0.2, 0.25) is 0 Å². The summed E-state index contributed by atoms with van der Waals surface area (Å²) in [7, 11) is 0. The molecule has 2 unspecified atom stereocenters. The van der Waals surface area contributed by atoms with Crippen LogP contribution in [-0.4, -0.2) is 17.5 Å². The van der Waals surface area contributed by atoms with Crippen molar-refractivity contribution >= 4 is 5.78 Å². The Labute approximate surface area is 72.6 Å². The molecule has 12 heavy (non-hydrogen) atoms. The van der Waals surface area contributed by atoms with Gasteiger partial charge in [0.2, 0.25) is 0 Å². The minimum atomic E-state index is -0.0239. The Bertz CT molecular complexity index is 232. The Hall–Kier alpha value is -0.630. The first-order chi connectivity index (χ1) is 5.73. The molecule has 0 N–H and O–H groups in total. The lowest BCUT2D eigenvalue weighted by Crippen LogP contribution is -2.16. The van der Waals surface area contributed by atoms with Gasteiger partial charge >= 0.3 is 0 Å². The van der Waals surface area contributed by atoms with Crippen LogP contribution in [0.15, 0.2) is 12.2 Å². The minimum absolute atomic E-state index is 0.0239. The molecule has 1 saturated carbocycles. The second-order valence-corrected chi connectivity index (χ2v) is 3.75. The van der Waals surface area contributed by atoms with Gasteiger partial charge in [0.05, 0.1) is 6.10 Å². The highest BCUT2D eigenvalue weighted by molar-refractivity contribution is 5.87. The SMILES string of the molecule is CC(=O)/C=C/C12CCCCC1O2. The number of carbonyl (C=O) groups is 1. The maximum absolute atomic E-state index is 10.7. The molecule has 1 heterocycles. The number of fused-ring (bicyclic) bond motifs is 1. The van der Waals surface area contributed by atoms with Gasteiger partial charge in [0.15, 0.2) is 5.78 Å². The topological polar surface area (TPSA) is 29.6 Å². The van der Waals surface area contributed by atoms with Crippen molar-refractivity contribution in [1.29, 1.82) is 0 Å². The maximum Gasteiger partial charge on any atom is 0.152 e. The molecule has 1 aliphatic heterocycles. The lowest BCUT2D eigenvalue weighted by Gasteiger charge is -2.11. The predicted molar refractivity (Wildman–Crippen MR) is 45.9 cm³/mol. The molecule has 2 atom stereocenters. The van der Waals surface area contributed by atoms with Gasteiger partial charge in [-0.1, -0.05) is 12.8 Å². The molecular formula is C10H14O2. The van der Waals surface area contributed by atoms with Gasteiger partial charge in [0.25, 0.3) is 0 Å². The summed E-state index contributed by atoms with van der Waals surface area (Å²) >= 11 is 0. The molecule has 0 aromatic rings. The Morgan fingerprint density at radius 2 is 2.42 bits per heavy atom. The van der Waals surface area contributed by atoms with E-state index < -0.39 is 0 Å². The molecule has 2 fully saturated rings. The number of epoxide rings is 1. The summed E-state index contributed by atoms with van der Waals surface area (Å²) in [5, 5.41) is 0. The second-order valence-electron chi connectivity index (χ2n) is 3.75. The molecular weight excluding hydrogens is 152 g/mol. The monoisotopic (exact) mass is 166 g/mol. The fourth-order valence-corrected chi connectivity index (χ4v) is 1.97. The minimum Gasteiger partial charge on any atom is -0.362 e. The van der Waals surface area contributed by atoms with Crippen LogP contribution in [-0.2, 0) is 9.53 Å². The maximum atomic E-state index is 10.7. The van der Waals surface area contributed by atoms with Crippen molar-refractivity contribution in [3.8, 4) is 0 Å². The number of hydrogen-bond donors (Lipinski definition) is 0. The summed E-state index contributed by atoms with van der Waals surface area (Å²) in [6, 6.07) is 0. The van der Waals surface area contributed by atoms with Gasteiger partial charge in [-0.3, -0.25) is 4.79 Å². The lowest BCUT2D eigenvalue weighted by atomic mass is 9.89. The number of ether oxygens (including phenoxy) is 1. The summed E-state index contributed by atoms with van der Waals surface area (Å²) in [5.74, 6) is 0.115. The normalized spacial score (nSPS) is 39.6. The van der Waals surface area contributed by atoms with Crippen molar-refractivity contribution in [2.24, 2.45) is 0 Å². The van der Waals surface area contributed by atoms with Crippen LogP contribution in [0.3, 0.4) is 0 Å². The number of carbonyl (C=O) groups excluding carboxylic acids is 1. The molecule has 66 valence electrons. The van der Waals surface area contributed by atoms with Gasteiger partial charge in [0, 0.05) is 0 Å². The summed E-state index contributed by atoms with van der Waals surface area (Å²) < 4.78 is 5.58. The standard InChI is InChI=1S/C10H14O2/c1-8(11)5-7-10-6-3-2-4-9(10)12-10/h5,7,9H,2-4,6H2,1H3/b7-5+. The van der Waals surface area contributed by atoms with E-state index in [0.29, 0.717) is 6.10 Å². The highest BCUT2D eigenvalue weighted by Crippen LogP contribution is 2.48. The van der Waals surface area contributed by atoms with E-state index >= 15 is 0 Å². The van der Waals surface area contributed by atoms with Crippen LogP contribution >= 0.6 is 0 Å².